The van der Waals surface area contributed by atoms with E-state index in [0.29, 0.717) is 30.5 Å². The molecule has 0 atom stereocenters. The summed E-state index contributed by atoms with van der Waals surface area (Å²) < 4.78 is 12.9. The van der Waals surface area contributed by atoms with Gasteiger partial charge in [-0.3, -0.25) is 4.98 Å². The number of hydrogen-bond donors (Lipinski definition) is 2. The molecule has 0 saturated carbocycles. The molecule has 3 heterocycles. The van der Waals surface area contributed by atoms with E-state index in [1.165, 1.54) is 0 Å². The van der Waals surface area contributed by atoms with Crippen molar-refractivity contribution in [3.63, 3.8) is 0 Å². The molecule has 0 saturated heterocycles. The Balaban J connectivity index is 1.78. The van der Waals surface area contributed by atoms with Gasteiger partial charge in [0.05, 0.1) is 41.7 Å². The monoisotopic (exact) mass is 448 g/mol. The maximum Gasteiger partial charge on any atom is 0.154 e. The molecule has 0 bridgehead atoms. The average Bonchev–Trinajstić information content (AvgIpc) is 3.29. The van der Waals surface area contributed by atoms with Crippen LogP contribution in [-0.2, 0) is 17.8 Å². The van der Waals surface area contributed by atoms with E-state index in [1.807, 2.05) is 42.5 Å². The first-order chi connectivity index (χ1) is 16.2. The summed E-state index contributed by atoms with van der Waals surface area (Å²) in [4.78, 5) is 9.33. The van der Waals surface area contributed by atoms with Crippen LogP contribution in [0.1, 0.15) is 24.2 Å². The zero-order valence-electron chi connectivity index (χ0n) is 18.6. The van der Waals surface area contributed by atoms with Gasteiger partial charge in [0.2, 0.25) is 0 Å². The van der Waals surface area contributed by atoms with Gasteiger partial charge in [0.1, 0.15) is 12.4 Å². The molecule has 4 aromatic rings. The number of benzene rings is 1. The summed E-state index contributed by atoms with van der Waals surface area (Å²) in [6.45, 7) is 0.927. The molecule has 172 valence electrons. The molecule has 0 radical (unpaired) electrons. The summed E-state index contributed by atoms with van der Waals surface area (Å²) in [6, 6.07) is 15.4. The smallest absolute Gasteiger partial charge is 0.154 e. The number of rotatable bonds is 11. The third kappa shape index (κ3) is 5.36. The van der Waals surface area contributed by atoms with Crippen molar-refractivity contribution in [3.05, 3.63) is 66.1 Å². The molecule has 0 spiro atoms. The summed E-state index contributed by atoms with van der Waals surface area (Å²) in [5.74, 6) is 1.30. The Morgan fingerprint density at radius 1 is 0.939 bits per heavy atom. The first-order valence-corrected chi connectivity index (χ1v) is 11.0. The highest BCUT2D eigenvalue weighted by molar-refractivity contribution is 5.90. The van der Waals surface area contributed by atoms with Crippen molar-refractivity contribution in [2.75, 3.05) is 26.9 Å². The zero-order valence-corrected chi connectivity index (χ0v) is 18.6. The Morgan fingerprint density at radius 3 is 2.61 bits per heavy atom. The minimum atomic E-state index is -0.142. The summed E-state index contributed by atoms with van der Waals surface area (Å²) in [6.07, 6.45) is 4.21. The van der Waals surface area contributed by atoms with Crippen LogP contribution in [0.2, 0.25) is 0 Å². The van der Waals surface area contributed by atoms with Crippen LogP contribution in [-0.4, -0.2) is 56.9 Å². The molecule has 0 fully saturated rings. The minimum Gasteiger partial charge on any atom is -0.490 e. The normalized spacial score (nSPS) is 11.2. The predicted octanol–water partition coefficient (Wildman–Crippen LogP) is 3.32. The van der Waals surface area contributed by atoms with E-state index in [0.717, 1.165) is 47.1 Å². The summed E-state index contributed by atoms with van der Waals surface area (Å²) >= 11 is 0. The first-order valence-electron chi connectivity index (χ1n) is 11.0. The van der Waals surface area contributed by atoms with Gasteiger partial charge in [-0.05, 0) is 55.7 Å². The Labute approximate surface area is 192 Å². The molecular weight excluding hydrogens is 420 g/mol. The van der Waals surface area contributed by atoms with Crippen LogP contribution in [0, 0.1) is 0 Å². The van der Waals surface area contributed by atoms with E-state index in [-0.39, 0.29) is 13.2 Å². The van der Waals surface area contributed by atoms with E-state index >= 15 is 0 Å². The Kier molecular flexibility index (Phi) is 7.62. The van der Waals surface area contributed by atoms with Crippen molar-refractivity contribution in [2.24, 2.45) is 0 Å². The second-order valence-corrected chi connectivity index (χ2v) is 7.64. The van der Waals surface area contributed by atoms with Crippen molar-refractivity contribution in [2.45, 2.75) is 25.9 Å². The van der Waals surface area contributed by atoms with E-state index in [2.05, 4.69) is 10.1 Å². The molecule has 0 amide bonds. The highest BCUT2D eigenvalue weighted by atomic mass is 16.5. The van der Waals surface area contributed by atoms with Crippen molar-refractivity contribution in [3.8, 4) is 22.8 Å². The van der Waals surface area contributed by atoms with Gasteiger partial charge in [-0.25, -0.2) is 9.67 Å². The maximum absolute atomic E-state index is 9.49. The standard InChI is InChI=1S/C25H28N4O4/c1-32-12-13-33-24-15-18(22-9-4-7-19(27-22)6-2-3-11-30)14-23-21(24)16-26-29(23)25-10-5-8-20(17-31)28-25/h4-5,7-10,14-16,30-31H,2-3,6,11-13,17H2,1H3. The molecule has 4 rings (SSSR count). The van der Waals surface area contributed by atoms with E-state index in [1.54, 1.807) is 24.1 Å². The number of nitrogens with zero attached hydrogens (tertiary/aromatic N) is 4. The van der Waals surface area contributed by atoms with Gasteiger partial charge in [0, 0.05) is 25.0 Å². The second kappa shape index (κ2) is 11.0. The molecule has 0 aliphatic rings. The summed E-state index contributed by atoms with van der Waals surface area (Å²) in [5.41, 5.74) is 4.11. The van der Waals surface area contributed by atoms with Gasteiger partial charge in [-0.1, -0.05) is 12.1 Å². The molecule has 0 aliphatic carbocycles. The van der Waals surface area contributed by atoms with Crippen LogP contribution in [0.3, 0.4) is 0 Å². The third-order valence-electron chi connectivity index (χ3n) is 5.31. The lowest BCUT2D eigenvalue weighted by atomic mass is 10.1. The van der Waals surface area contributed by atoms with E-state index in [4.69, 9.17) is 19.6 Å². The van der Waals surface area contributed by atoms with Gasteiger partial charge in [-0.15, -0.1) is 0 Å². The van der Waals surface area contributed by atoms with Crippen molar-refractivity contribution >= 4 is 10.9 Å². The molecule has 0 unspecified atom stereocenters. The number of aliphatic hydroxyl groups excluding tert-OH is 2. The molecular formula is C25H28N4O4. The summed E-state index contributed by atoms with van der Waals surface area (Å²) in [7, 11) is 1.64. The molecule has 8 heteroatoms. The number of fused-ring (bicyclic) bond motifs is 1. The van der Waals surface area contributed by atoms with Gasteiger partial charge < -0.3 is 19.7 Å². The SMILES string of the molecule is COCCOc1cc(-c2cccc(CCCCO)n2)cc2c1cnn2-c1cccc(CO)n1. The lowest BCUT2D eigenvalue weighted by Crippen LogP contribution is -2.05. The Morgan fingerprint density at radius 2 is 1.79 bits per heavy atom. The lowest BCUT2D eigenvalue weighted by Gasteiger charge is -2.12. The fourth-order valence-electron chi connectivity index (χ4n) is 3.65. The molecule has 1 aromatic carbocycles. The van der Waals surface area contributed by atoms with Crippen LogP contribution in [0.25, 0.3) is 28.0 Å². The lowest BCUT2D eigenvalue weighted by molar-refractivity contribution is 0.147. The number of aryl methyl sites for hydroxylation is 1. The number of aromatic nitrogens is 4. The van der Waals surface area contributed by atoms with Gasteiger partial charge in [-0.2, -0.15) is 5.10 Å². The van der Waals surface area contributed by atoms with Crippen LogP contribution < -0.4 is 4.74 Å². The van der Waals surface area contributed by atoms with Crippen molar-refractivity contribution in [1.29, 1.82) is 0 Å². The first kappa shape index (κ1) is 22.8. The number of unbranched alkanes of at least 4 members (excludes halogenated alkanes) is 1. The van der Waals surface area contributed by atoms with Crippen LogP contribution in [0.4, 0.5) is 0 Å². The minimum absolute atomic E-state index is 0.142. The zero-order chi connectivity index (χ0) is 23.0. The molecule has 2 N–H and O–H groups in total. The Bertz CT molecular complexity index is 1210. The van der Waals surface area contributed by atoms with Gasteiger partial charge in [0.25, 0.3) is 0 Å². The van der Waals surface area contributed by atoms with Crippen molar-refractivity contribution < 1.29 is 19.7 Å². The molecule has 3 aromatic heterocycles. The Hall–Kier alpha value is -3.33. The highest BCUT2D eigenvalue weighted by Gasteiger charge is 2.15. The highest BCUT2D eigenvalue weighted by Crippen LogP contribution is 2.33. The quantitative estimate of drug-likeness (QED) is 0.339. The molecule has 33 heavy (non-hydrogen) atoms. The van der Waals surface area contributed by atoms with Crippen molar-refractivity contribution in [1.82, 2.24) is 19.7 Å². The van der Waals surface area contributed by atoms with E-state index < -0.39 is 0 Å². The predicted molar refractivity (Wildman–Crippen MR) is 125 cm³/mol. The third-order valence-corrected chi connectivity index (χ3v) is 5.31. The van der Waals surface area contributed by atoms with Crippen LogP contribution in [0.5, 0.6) is 5.75 Å². The topological polar surface area (TPSA) is 103 Å². The maximum atomic E-state index is 9.49. The number of methoxy groups -OCH3 is 1. The van der Waals surface area contributed by atoms with E-state index in [9.17, 15) is 5.11 Å². The molecule has 8 nitrogen and oxygen atoms in total. The fraction of sp³-hybridized carbons (Fsp3) is 0.320. The van der Waals surface area contributed by atoms with Crippen LogP contribution >= 0.6 is 0 Å². The fourth-order valence-corrected chi connectivity index (χ4v) is 3.65. The molecule has 0 aliphatic heterocycles. The van der Waals surface area contributed by atoms with Crippen LogP contribution in [0.15, 0.2) is 54.7 Å². The van der Waals surface area contributed by atoms with Gasteiger partial charge >= 0.3 is 0 Å². The number of pyridine rings is 2. The largest absolute Gasteiger partial charge is 0.490 e. The number of aliphatic hydroxyl groups is 2. The summed E-state index contributed by atoms with van der Waals surface area (Å²) in [5, 5.41) is 23.9. The number of ether oxygens (including phenoxy) is 2. The van der Waals surface area contributed by atoms with Gasteiger partial charge in [0.15, 0.2) is 5.82 Å². The second-order valence-electron chi connectivity index (χ2n) is 7.64. The average molecular weight is 449 g/mol. The number of hydrogen-bond acceptors (Lipinski definition) is 7.